The van der Waals surface area contributed by atoms with Crippen molar-refractivity contribution in [1.29, 1.82) is 0 Å². The highest BCUT2D eigenvalue weighted by Crippen LogP contribution is 2.33. The Bertz CT molecular complexity index is 727. The van der Waals surface area contributed by atoms with Gasteiger partial charge in [-0.15, -0.1) is 0 Å². The minimum atomic E-state index is -0.145. The SMILES string of the molecule is CCCCOc1ccc(C2Nc3ccccc3C(=O)N2CCCC)cc1. The van der Waals surface area contributed by atoms with E-state index in [-0.39, 0.29) is 12.1 Å². The lowest BCUT2D eigenvalue weighted by Gasteiger charge is -2.38. The number of nitrogens with one attached hydrogen (secondary N) is 1. The van der Waals surface area contributed by atoms with E-state index >= 15 is 0 Å². The molecule has 1 heterocycles. The molecule has 4 heteroatoms. The number of anilines is 1. The molecule has 1 aliphatic heterocycles. The summed E-state index contributed by atoms with van der Waals surface area (Å²) in [4.78, 5) is 15.0. The monoisotopic (exact) mass is 352 g/mol. The molecule has 1 amide bonds. The van der Waals surface area contributed by atoms with Crippen molar-refractivity contribution >= 4 is 11.6 Å². The second kappa shape index (κ2) is 8.75. The molecule has 1 N–H and O–H groups in total. The number of ether oxygens (including phenoxy) is 1. The molecule has 3 rings (SSSR count). The van der Waals surface area contributed by atoms with Crippen LogP contribution in [0.15, 0.2) is 48.5 Å². The molecule has 0 fully saturated rings. The molecule has 0 saturated carbocycles. The first-order valence-corrected chi connectivity index (χ1v) is 9.64. The zero-order valence-corrected chi connectivity index (χ0v) is 15.7. The molecular formula is C22H28N2O2. The molecule has 0 radical (unpaired) electrons. The molecule has 0 spiro atoms. The van der Waals surface area contributed by atoms with Gasteiger partial charge in [0.05, 0.1) is 12.2 Å². The van der Waals surface area contributed by atoms with Gasteiger partial charge in [-0.25, -0.2) is 0 Å². The Balaban J connectivity index is 1.82. The zero-order chi connectivity index (χ0) is 18.4. The number of benzene rings is 2. The zero-order valence-electron chi connectivity index (χ0n) is 15.7. The lowest BCUT2D eigenvalue weighted by atomic mass is 10.0. The summed E-state index contributed by atoms with van der Waals surface area (Å²) in [5.41, 5.74) is 2.73. The average Bonchev–Trinajstić information content (AvgIpc) is 2.68. The smallest absolute Gasteiger partial charge is 0.257 e. The number of hydrogen-bond acceptors (Lipinski definition) is 3. The number of carbonyl (C=O) groups excluding carboxylic acids is 1. The van der Waals surface area contributed by atoms with E-state index in [1.54, 1.807) is 0 Å². The molecule has 1 aliphatic rings. The van der Waals surface area contributed by atoms with Gasteiger partial charge in [-0.3, -0.25) is 4.79 Å². The van der Waals surface area contributed by atoms with Crippen LogP contribution in [0.25, 0.3) is 0 Å². The van der Waals surface area contributed by atoms with E-state index in [1.165, 1.54) is 0 Å². The second-order valence-corrected chi connectivity index (χ2v) is 6.72. The summed E-state index contributed by atoms with van der Waals surface area (Å²) in [6.45, 7) is 5.79. The van der Waals surface area contributed by atoms with Crippen LogP contribution >= 0.6 is 0 Å². The Kier molecular flexibility index (Phi) is 6.16. The average molecular weight is 352 g/mol. The van der Waals surface area contributed by atoms with E-state index < -0.39 is 0 Å². The van der Waals surface area contributed by atoms with Gasteiger partial charge in [0.25, 0.3) is 5.91 Å². The van der Waals surface area contributed by atoms with Crippen LogP contribution in [0.5, 0.6) is 5.75 Å². The second-order valence-electron chi connectivity index (χ2n) is 6.72. The summed E-state index contributed by atoms with van der Waals surface area (Å²) in [7, 11) is 0. The lowest BCUT2D eigenvalue weighted by Crippen LogP contribution is -2.43. The Labute approximate surface area is 156 Å². The number of carbonyl (C=O) groups is 1. The highest BCUT2D eigenvalue weighted by molar-refractivity contribution is 6.01. The number of rotatable bonds is 8. The fourth-order valence-electron chi connectivity index (χ4n) is 3.20. The van der Waals surface area contributed by atoms with Crippen molar-refractivity contribution in [2.75, 3.05) is 18.5 Å². The van der Waals surface area contributed by atoms with Gasteiger partial charge in [-0.1, -0.05) is 51.0 Å². The number of hydrogen-bond donors (Lipinski definition) is 1. The standard InChI is InChI=1S/C22H28N2O2/c1-3-5-15-24-21(23-20-10-8-7-9-19(20)22(24)25)17-11-13-18(14-12-17)26-16-6-4-2/h7-14,21,23H,3-6,15-16H2,1-2H3. The molecule has 0 aromatic heterocycles. The van der Waals surface area contributed by atoms with Crippen molar-refractivity contribution in [3.8, 4) is 5.75 Å². The van der Waals surface area contributed by atoms with Gasteiger partial charge in [0, 0.05) is 12.2 Å². The van der Waals surface area contributed by atoms with Crippen LogP contribution < -0.4 is 10.1 Å². The summed E-state index contributed by atoms with van der Waals surface area (Å²) < 4.78 is 5.76. The van der Waals surface area contributed by atoms with Crippen molar-refractivity contribution in [3.63, 3.8) is 0 Å². The molecule has 138 valence electrons. The van der Waals surface area contributed by atoms with Crippen LogP contribution in [0.4, 0.5) is 5.69 Å². The van der Waals surface area contributed by atoms with Crippen LogP contribution in [-0.4, -0.2) is 24.0 Å². The van der Waals surface area contributed by atoms with E-state index in [1.807, 2.05) is 41.3 Å². The van der Waals surface area contributed by atoms with Crippen molar-refractivity contribution in [1.82, 2.24) is 4.90 Å². The van der Waals surface area contributed by atoms with Gasteiger partial charge in [0.15, 0.2) is 0 Å². The maximum atomic E-state index is 13.0. The van der Waals surface area contributed by atoms with Crippen LogP contribution in [0.2, 0.25) is 0 Å². The number of fused-ring (bicyclic) bond motifs is 1. The largest absolute Gasteiger partial charge is 0.494 e. The predicted octanol–water partition coefficient (Wildman–Crippen LogP) is 5.23. The molecule has 0 aliphatic carbocycles. The molecule has 0 bridgehead atoms. The van der Waals surface area contributed by atoms with Crippen LogP contribution in [0.3, 0.4) is 0 Å². The van der Waals surface area contributed by atoms with Gasteiger partial charge in [0.1, 0.15) is 11.9 Å². The molecule has 2 aromatic rings. The molecule has 1 atom stereocenters. The topological polar surface area (TPSA) is 41.6 Å². The molecule has 26 heavy (non-hydrogen) atoms. The maximum absolute atomic E-state index is 13.0. The lowest BCUT2D eigenvalue weighted by molar-refractivity contribution is 0.0680. The highest BCUT2D eigenvalue weighted by Gasteiger charge is 2.32. The van der Waals surface area contributed by atoms with Gasteiger partial charge in [0.2, 0.25) is 0 Å². The third-order valence-corrected chi connectivity index (χ3v) is 4.74. The first-order valence-electron chi connectivity index (χ1n) is 9.64. The molecule has 1 unspecified atom stereocenters. The molecule has 0 saturated heterocycles. The van der Waals surface area contributed by atoms with E-state index in [2.05, 4.69) is 31.3 Å². The fourth-order valence-corrected chi connectivity index (χ4v) is 3.20. The summed E-state index contributed by atoms with van der Waals surface area (Å²) in [5.74, 6) is 0.978. The minimum absolute atomic E-state index is 0.0982. The number of para-hydroxylation sites is 1. The number of unbranched alkanes of at least 4 members (excludes halogenated alkanes) is 2. The Hall–Kier alpha value is -2.49. The first-order chi connectivity index (χ1) is 12.7. The van der Waals surface area contributed by atoms with Crippen molar-refractivity contribution in [3.05, 3.63) is 59.7 Å². The summed E-state index contributed by atoms with van der Waals surface area (Å²) >= 11 is 0. The summed E-state index contributed by atoms with van der Waals surface area (Å²) in [6.07, 6.45) is 4.08. The highest BCUT2D eigenvalue weighted by atomic mass is 16.5. The third-order valence-electron chi connectivity index (χ3n) is 4.74. The van der Waals surface area contributed by atoms with Crippen LogP contribution in [0, 0.1) is 0 Å². The van der Waals surface area contributed by atoms with Crippen LogP contribution in [-0.2, 0) is 0 Å². The summed E-state index contributed by atoms with van der Waals surface area (Å²) in [5, 5.41) is 3.54. The van der Waals surface area contributed by atoms with Gasteiger partial charge in [-0.2, -0.15) is 0 Å². The van der Waals surface area contributed by atoms with Crippen LogP contribution in [0.1, 0.15) is 61.6 Å². The fraction of sp³-hybridized carbons (Fsp3) is 0.409. The third kappa shape index (κ3) is 4.01. The Morgan fingerprint density at radius 3 is 2.46 bits per heavy atom. The van der Waals surface area contributed by atoms with E-state index in [9.17, 15) is 4.79 Å². The quantitative estimate of drug-likeness (QED) is 0.661. The van der Waals surface area contributed by atoms with Gasteiger partial charge >= 0.3 is 0 Å². The van der Waals surface area contributed by atoms with Gasteiger partial charge in [-0.05, 0) is 42.7 Å². The van der Waals surface area contributed by atoms with Crippen molar-refractivity contribution in [2.45, 2.75) is 45.7 Å². The van der Waals surface area contributed by atoms with E-state index in [0.717, 1.165) is 61.4 Å². The first kappa shape index (κ1) is 18.3. The van der Waals surface area contributed by atoms with E-state index in [4.69, 9.17) is 4.74 Å². The Morgan fingerprint density at radius 2 is 1.73 bits per heavy atom. The molecular weight excluding hydrogens is 324 g/mol. The minimum Gasteiger partial charge on any atom is -0.494 e. The normalized spacial score (nSPS) is 16.2. The predicted molar refractivity (Wildman–Crippen MR) is 106 cm³/mol. The maximum Gasteiger partial charge on any atom is 0.257 e. The number of amides is 1. The molecule has 4 nitrogen and oxygen atoms in total. The van der Waals surface area contributed by atoms with Crippen molar-refractivity contribution < 1.29 is 9.53 Å². The van der Waals surface area contributed by atoms with Gasteiger partial charge < -0.3 is 15.0 Å². The van der Waals surface area contributed by atoms with E-state index in [0.29, 0.717) is 0 Å². The molecule has 2 aromatic carbocycles. The van der Waals surface area contributed by atoms with Crippen molar-refractivity contribution in [2.24, 2.45) is 0 Å². The Morgan fingerprint density at radius 1 is 1.00 bits per heavy atom. The summed E-state index contributed by atoms with van der Waals surface area (Å²) in [6, 6.07) is 15.8. The number of nitrogens with zero attached hydrogens (tertiary/aromatic N) is 1.